The quantitative estimate of drug-likeness (QED) is 0.464. The fourth-order valence-electron chi connectivity index (χ4n) is 3.88. The lowest BCUT2D eigenvalue weighted by atomic mass is 10.0. The van der Waals surface area contributed by atoms with Crippen molar-refractivity contribution in [2.45, 2.75) is 31.8 Å². The van der Waals surface area contributed by atoms with Crippen molar-refractivity contribution in [2.75, 3.05) is 19.7 Å². The lowest BCUT2D eigenvalue weighted by Crippen LogP contribution is -2.34. The van der Waals surface area contributed by atoms with E-state index in [-0.39, 0.29) is 22.8 Å². The highest BCUT2D eigenvalue weighted by atomic mass is 35.5. The molecule has 1 saturated heterocycles. The van der Waals surface area contributed by atoms with E-state index in [1.54, 1.807) is 18.2 Å². The summed E-state index contributed by atoms with van der Waals surface area (Å²) in [7, 11) is 0. The van der Waals surface area contributed by atoms with Crippen LogP contribution in [-0.2, 0) is 4.79 Å². The van der Waals surface area contributed by atoms with Gasteiger partial charge >= 0.3 is 0 Å². The lowest BCUT2D eigenvalue weighted by molar-refractivity contribution is -0.115. The first-order valence-electron chi connectivity index (χ1n) is 11.5. The summed E-state index contributed by atoms with van der Waals surface area (Å²) in [6.45, 7) is 2.30. The molecule has 6 nitrogen and oxygen atoms in total. The Kier molecular flexibility index (Phi) is 8.28. The first-order chi connectivity index (χ1) is 16.6. The number of carbonyl (C=O) groups excluding carboxylic acids is 1. The van der Waals surface area contributed by atoms with Gasteiger partial charge < -0.3 is 25.2 Å². The number of phenolic OH excluding ortho intramolecular Hbond substituents is 1. The van der Waals surface area contributed by atoms with Crippen LogP contribution in [0.4, 0.5) is 0 Å². The molecule has 1 aliphatic carbocycles. The van der Waals surface area contributed by atoms with Gasteiger partial charge in [-0.25, -0.2) is 0 Å². The molecule has 7 heteroatoms. The number of benzene rings is 2. The molecule has 0 radical (unpaired) electrons. The molecule has 4 rings (SSSR count). The van der Waals surface area contributed by atoms with Crippen LogP contribution < -0.4 is 20.1 Å². The highest BCUT2D eigenvalue weighted by Crippen LogP contribution is 2.25. The Bertz CT molecular complexity index is 1100. The normalized spacial score (nSPS) is 16.6. The van der Waals surface area contributed by atoms with Crippen LogP contribution in [0.25, 0.3) is 6.08 Å². The first-order valence-corrected chi connectivity index (χ1v) is 11.9. The van der Waals surface area contributed by atoms with Gasteiger partial charge in [-0.15, -0.1) is 0 Å². The topological polar surface area (TPSA) is 79.8 Å². The first kappa shape index (κ1) is 23.9. The summed E-state index contributed by atoms with van der Waals surface area (Å²) in [4.78, 5) is 12.5. The third-order valence-corrected chi connectivity index (χ3v) is 6.02. The number of rotatable bonds is 8. The zero-order valence-electron chi connectivity index (χ0n) is 18.9. The number of ether oxygens (including phenoxy) is 2. The molecule has 0 saturated carbocycles. The van der Waals surface area contributed by atoms with Crippen LogP contribution in [0.5, 0.6) is 17.2 Å². The summed E-state index contributed by atoms with van der Waals surface area (Å²) in [5, 5.41) is 16.3. The third-order valence-electron chi connectivity index (χ3n) is 5.70. The van der Waals surface area contributed by atoms with Crippen molar-refractivity contribution in [1.82, 2.24) is 10.6 Å². The fourth-order valence-corrected chi connectivity index (χ4v) is 4.00. The molecule has 1 heterocycles. The van der Waals surface area contributed by atoms with E-state index < -0.39 is 0 Å². The number of allylic oxidation sites excluding steroid dienone is 2. The molecule has 2 aromatic carbocycles. The molecular weight excluding hydrogens is 452 g/mol. The summed E-state index contributed by atoms with van der Waals surface area (Å²) in [6, 6.07) is 12.5. The molecule has 0 aromatic heterocycles. The van der Waals surface area contributed by atoms with Crippen LogP contribution >= 0.6 is 11.6 Å². The Morgan fingerprint density at radius 2 is 1.91 bits per heavy atom. The zero-order valence-corrected chi connectivity index (χ0v) is 19.7. The Labute approximate surface area is 204 Å². The summed E-state index contributed by atoms with van der Waals surface area (Å²) < 4.78 is 12.1. The van der Waals surface area contributed by atoms with Gasteiger partial charge in [0.2, 0.25) is 5.91 Å². The molecule has 0 atom stereocenters. The monoisotopic (exact) mass is 480 g/mol. The largest absolute Gasteiger partial charge is 0.506 e. The molecule has 2 aromatic rings. The van der Waals surface area contributed by atoms with Crippen LogP contribution in [0.15, 0.2) is 72.0 Å². The number of aromatic hydroxyl groups is 1. The van der Waals surface area contributed by atoms with Gasteiger partial charge in [-0.2, -0.15) is 0 Å². The van der Waals surface area contributed by atoms with Gasteiger partial charge in [-0.3, -0.25) is 4.79 Å². The van der Waals surface area contributed by atoms with E-state index in [0.717, 1.165) is 61.5 Å². The minimum atomic E-state index is -0.258. The van der Waals surface area contributed by atoms with Crippen molar-refractivity contribution in [2.24, 2.45) is 0 Å². The maximum absolute atomic E-state index is 12.5. The lowest BCUT2D eigenvalue weighted by Gasteiger charge is -2.24. The summed E-state index contributed by atoms with van der Waals surface area (Å²) in [5.41, 5.74) is 2.36. The zero-order chi connectivity index (χ0) is 23.8. The van der Waals surface area contributed by atoms with E-state index in [0.29, 0.717) is 12.2 Å². The van der Waals surface area contributed by atoms with Crippen LogP contribution in [-0.4, -0.2) is 36.8 Å². The Hall–Kier alpha value is -3.22. The number of hydrogen-bond acceptors (Lipinski definition) is 5. The second kappa shape index (κ2) is 11.8. The number of halogens is 1. The molecule has 1 aliphatic heterocycles. The van der Waals surface area contributed by atoms with Gasteiger partial charge in [0.25, 0.3) is 0 Å². The number of hydrogen-bond donors (Lipinski definition) is 3. The number of nitrogens with one attached hydrogen (secondary N) is 2. The number of amides is 1. The Balaban J connectivity index is 1.32. The standard InChI is InChI=1S/C27H29ClN2O4/c28-24-10-8-19(16-26(24)31)9-11-27(32)30-25-7-2-1-4-20(25)18-33-22-5-3-6-23(17-22)34-21-12-14-29-15-13-21/h3-11,16-17,21,29,31H,1-2,12-15,18H2,(H,30,32)/b11-9+. The maximum Gasteiger partial charge on any atom is 0.248 e. The van der Waals surface area contributed by atoms with Crippen LogP contribution in [0.3, 0.4) is 0 Å². The predicted octanol–water partition coefficient (Wildman–Crippen LogP) is 4.99. The highest BCUT2D eigenvalue weighted by Gasteiger charge is 2.15. The minimum absolute atomic E-state index is 0.0215. The second-order valence-corrected chi connectivity index (χ2v) is 8.70. The summed E-state index contributed by atoms with van der Waals surface area (Å²) >= 11 is 5.83. The number of carbonyl (C=O) groups is 1. The minimum Gasteiger partial charge on any atom is -0.506 e. The summed E-state index contributed by atoms with van der Waals surface area (Å²) in [5.74, 6) is 1.26. The molecule has 2 aliphatic rings. The van der Waals surface area contributed by atoms with Crippen molar-refractivity contribution in [3.8, 4) is 17.2 Å². The Morgan fingerprint density at radius 3 is 2.74 bits per heavy atom. The van der Waals surface area contributed by atoms with Crippen molar-refractivity contribution < 1.29 is 19.4 Å². The average Bonchev–Trinajstić information content (AvgIpc) is 2.85. The van der Waals surface area contributed by atoms with Gasteiger partial charge in [-0.1, -0.05) is 35.9 Å². The van der Waals surface area contributed by atoms with Gasteiger partial charge in [0, 0.05) is 23.4 Å². The smallest absolute Gasteiger partial charge is 0.248 e. The fraction of sp³-hybridized carbons (Fsp3) is 0.296. The van der Waals surface area contributed by atoms with Crippen molar-refractivity contribution >= 4 is 23.6 Å². The number of piperidine rings is 1. The van der Waals surface area contributed by atoms with E-state index in [1.807, 2.05) is 30.3 Å². The average molecular weight is 481 g/mol. The molecule has 34 heavy (non-hydrogen) atoms. The van der Waals surface area contributed by atoms with Crippen LogP contribution in [0.2, 0.25) is 5.02 Å². The third kappa shape index (κ3) is 6.89. The molecule has 0 spiro atoms. The molecule has 0 unspecified atom stereocenters. The van der Waals surface area contributed by atoms with E-state index in [2.05, 4.69) is 16.7 Å². The number of phenols is 1. The summed E-state index contributed by atoms with van der Waals surface area (Å²) in [6.07, 6.45) is 11.1. The van der Waals surface area contributed by atoms with Crippen molar-refractivity contribution in [3.63, 3.8) is 0 Å². The second-order valence-electron chi connectivity index (χ2n) is 8.29. The van der Waals surface area contributed by atoms with E-state index in [1.165, 1.54) is 12.1 Å². The molecule has 0 bridgehead atoms. The maximum atomic E-state index is 12.5. The van der Waals surface area contributed by atoms with Gasteiger partial charge in [0.05, 0.1) is 5.02 Å². The molecular formula is C27H29ClN2O4. The van der Waals surface area contributed by atoms with Gasteiger partial charge in [0.15, 0.2) is 0 Å². The predicted molar refractivity (Wildman–Crippen MR) is 134 cm³/mol. The van der Waals surface area contributed by atoms with Gasteiger partial charge in [0.1, 0.15) is 30.0 Å². The van der Waals surface area contributed by atoms with E-state index >= 15 is 0 Å². The molecule has 1 amide bonds. The van der Waals surface area contributed by atoms with Crippen molar-refractivity contribution in [1.29, 1.82) is 0 Å². The highest BCUT2D eigenvalue weighted by molar-refractivity contribution is 6.32. The Morgan fingerprint density at radius 1 is 1.12 bits per heavy atom. The van der Waals surface area contributed by atoms with E-state index in [4.69, 9.17) is 21.1 Å². The SMILES string of the molecule is O=C(/C=C/c1ccc(Cl)c(O)c1)NC1=CCCC=C1COc1cccc(OC2CCNCC2)c1. The molecule has 1 fully saturated rings. The molecule has 178 valence electrons. The van der Waals surface area contributed by atoms with Crippen LogP contribution in [0.1, 0.15) is 31.2 Å². The van der Waals surface area contributed by atoms with E-state index in [9.17, 15) is 9.90 Å². The van der Waals surface area contributed by atoms with Gasteiger partial charge in [-0.05, 0) is 74.7 Å². The van der Waals surface area contributed by atoms with Crippen LogP contribution in [0, 0.1) is 0 Å². The molecule has 3 N–H and O–H groups in total. The van der Waals surface area contributed by atoms with Crippen molar-refractivity contribution in [3.05, 3.63) is 82.5 Å².